The van der Waals surface area contributed by atoms with Crippen molar-refractivity contribution < 1.29 is 4.74 Å². The van der Waals surface area contributed by atoms with Crippen molar-refractivity contribution in [2.45, 2.75) is 6.54 Å². The zero-order chi connectivity index (χ0) is 16.6. The van der Waals surface area contributed by atoms with Gasteiger partial charge in [-0.2, -0.15) is 0 Å². The summed E-state index contributed by atoms with van der Waals surface area (Å²) >= 11 is 0. The monoisotopic (exact) mass is 311 g/mol. The Morgan fingerprint density at radius 2 is 1.38 bits per heavy atom. The molecule has 0 spiro atoms. The van der Waals surface area contributed by atoms with Gasteiger partial charge >= 0.3 is 0 Å². The van der Waals surface area contributed by atoms with E-state index in [1.54, 1.807) is 6.21 Å². The summed E-state index contributed by atoms with van der Waals surface area (Å²) in [5.74, 6) is 6.29. The predicted octanol–water partition coefficient (Wildman–Crippen LogP) is 4.22. The van der Waals surface area contributed by atoms with Crippen molar-refractivity contribution in [1.82, 2.24) is 0 Å². The molecule has 3 aromatic rings. The molecule has 0 amide bonds. The van der Waals surface area contributed by atoms with Gasteiger partial charge in [0.1, 0.15) is 0 Å². The van der Waals surface area contributed by atoms with Crippen LogP contribution in [0.15, 0.2) is 84.9 Å². The van der Waals surface area contributed by atoms with E-state index in [1.165, 1.54) is 0 Å². The summed E-state index contributed by atoms with van der Waals surface area (Å²) in [7, 11) is 0. The van der Waals surface area contributed by atoms with Gasteiger partial charge < -0.3 is 5.21 Å². The van der Waals surface area contributed by atoms with Crippen molar-refractivity contribution in [2.75, 3.05) is 0 Å². The van der Waals surface area contributed by atoms with Crippen LogP contribution in [0.5, 0.6) is 0 Å². The number of benzene rings is 3. The minimum Gasteiger partial charge on any atom is -0.624 e. The van der Waals surface area contributed by atoms with E-state index in [0.29, 0.717) is 6.54 Å². The van der Waals surface area contributed by atoms with E-state index < -0.39 is 0 Å². The first kappa shape index (κ1) is 15.6. The van der Waals surface area contributed by atoms with Gasteiger partial charge in [-0.25, -0.2) is 4.74 Å². The van der Waals surface area contributed by atoms with Crippen LogP contribution in [0, 0.1) is 17.0 Å². The molecule has 24 heavy (non-hydrogen) atoms. The minimum atomic E-state index is 0.321. The second-order valence-corrected chi connectivity index (χ2v) is 5.39. The smallest absolute Gasteiger partial charge is 0.183 e. The van der Waals surface area contributed by atoms with Gasteiger partial charge in [0, 0.05) is 16.7 Å². The normalized spacial score (nSPS) is 10.8. The Bertz CT molecular complexity index is 887. The van der Waals surface area contributed by atoms with Crippen molar-refractivity contribution >= 4 is 6.21 Å². The van der Waals surface area contributed by atoms with Crippen molar-refractivity contribution in [1.29, 1.82) is 0 Å². The lowest BCUT2D eigenvalue weighted by Gasteiger charge is -2.05. The highest BCUT2D eigenvalue weighted by atomic mass is 16.5. The molecule has 0 aromatic heterocycles. The van der Waals surface area contributed by atoms with Gasteiger partial charge in [0.25, 0.3) is 0 Å². The summed E-state index contributed by atoms with van der Waals surface area (Å²) in [5.41, 5.74) is 3.61. The molecule has 0 radical (unpaired) electrons. The standard InChI is InChI=1S/C22H17NO/c24-23(17-20-11-5-2-6-12-20)18-22-14-8-7-13-21(22)16-15-19-9-3-1-4-10-19/h1-14,18H,17H2/b23-18-. The lowest BCUT2D eigenvalue weighted by molar-refractivity contribution is -0.469. The maximum Gasteiger partial charge on any atom is 0.183 e. The predicted molar refractivity (Wildman–Crippen MR) is 97.8 cm³/mol. The molecule has 116 valence electrons. The lowest BCUT2D eigenvalue weighted by Crippen LogP contribution is -2.06. The van der Waals surface area contributed by atoms with Crippen LogP contribution in [-0.4, -0.2) is 11.0 Å². The zero-order valence-electron chi connectivity index (χ0n) is 13.2. The van der Waals surface area contributed by atoms with Crippen LogP contribution in [0.4, 0.5) is 0 Å². The summed E-state index contributed by atoms with van der Waals surface area (Å²) in [6.07, 6.45) is 1.60. The van der Waals surface area contributed by atoms with Crippen LogP contribution in [0.1, 0.15) is 22.3 Å². The molecule has 2 nitrogen and oxygen atoms in total. The fourth-order valence-corrected chi connectivity index (χ4v) is 2.35. The molecule has 3 aromatic carbocycles. The highest BCUT2D eigenvalue weighted by Gasteiger charge is 2.02. The molecule has 3 rings (SSSR count). The van der Waals surface area contributed by atoms with E-state index in [9.17, 15) is 5.21 Å². The highest BCUT2D eigenvalue weighted by Crippen LogP contribution is 2.07. The molecule has 0 bridgehead atoms. The fourth-order valence-electron chi connectivity index (χ4n) is 2.35. The molecular formula is C22H17NO. The Labute approximate surface area is 142 Å². The first-order valence-electron chi connectivity index (χ1n) is 7.80. The van der Waals surface area contributed by atoms with Gasteiger partial charge in [0.05, 0.1) is 5.56 Å². The van der Waals surface area contributed by atoms with Crippen molar-refractivity contribution in [3.63, 3.8) is 0 Å². The molecule has 0 N–H and O–H groups in total. The van der Waals surface area contributed by atoms with Crippen molar-refractivity contribution in [3.05, 3.63) is 112 Å². The van der Waals surface area contributed by atoms with Gasteiger partial charge in [-0.3, -0.25) is 0 Å². The van der Waals surface area contributed by atoms with Crippen LogP contribution in [0.25, 0.3) is 0 Å². The van der Waals surface area contributed by atoms with Gasteiger partial charge in [-0.15, -0.1) is 0 Å². The molecule has 0 aliphatic carbocycles. The van der Waals surface area contributed by atoms with E-state index in [2.05, 4.69) is 11.8 Å². The second-order valence-electron chi connectivity index (χ2n) is 5.39. The van der Waals surface area contributed by atoms with Gasteiger partial charge in [0.2, 0.25) is 0 Å². The van der Waals surface area contributed by atoms with Crippen LogP contribution in [-0.2, 0) is 6.54 Å². The molecule has 0 atom stereocenters. The summed E-state index contributed by atoms with van der Waals surface area (Å²) in [6, 6.07) is 27.2. The number of rotatable bonds is 3. The molecular weight excluding hydrogens is 294 g/mol. The van der Waals surface area contributed by atoms with Crippen LogP contribution < -0.4 is 0 Å². The van der Waals surface area contributed by atoms with Crippen LogP contribution in [0.3, 0.4) is 0 Å². The summed E-state index contributed by atoms with van der Waals surface area (Å²) < 4.78 is 0.943. The third-order valence-corrected chi connectivity index (χ3v) is 3.54. The number of hydrogen-bond acceptors (Lipinski definition) is 1. The zero-order valence-corrected chi connectivity index (χ0v) is 13.2. The molecule has 0 saturated heterocycles. The fraction of sp³-hybridized carbons (Fsp3) is 0.0455. The van der Waals surface area contributed by atoms with E-state index in [0.717, 1.165) is 27.0 Å². The number of hydroxylamine groups is 1. The van der Waals surface area contributed by atoms with Crippen molar-refractivity contribution in [2.24, 2.45) is 0 Å². The molecule has 0 saturated carbocycles. The third kappa shape index (κ3) is 4.34. The quantitative estimate of drug-likeness (QED) is 0.234. The van der Waals surface area contributed by atoms with Crippen LogP contribution >= 0.6 is 0 Å². The van der Waals surface area contributed by atoms with E-state index in [1.807, 2.05) is 84.9 Å². The van der Waals surface area contributed by atoms with E-state index in [-0.39, 0.29) is 0 Å². The minimum absolute atomic E-state index is 0.321. The topological polar surface area (TPSA) is 26.1 Å². The van der Waals surface area contributed by atoms with Crippen LogP contribution in [0.2, 0.25) is 0 Å². The first-order valence-corrected chi connectivity index (χ1v) is 7.80. The van der Waals surface area contributed by atoms with Gasteiger partial charge in [-0.1, -0.05) is 72.5 Å². The molecule has 0 aliphatic heterocycles. The maximum absolute atomic E-state index is 12.2. The molecule has 0 aliphatic rings. The number of nitrogens with zero attached hydrogens (tertiary/aromatic N) is 1. The Hall–Kier alpha value is -3.31. The summed E-state index contributed by atoms with van der Waals surface area (Å²) in [6.45, 7) is 0.321. The molecule has 0 heterocycles. The Morgan fingerprint density at radius 1 is 0.750 bits per heavy atom. The maximum atomic E-state index is 12.2. The highest BCUT2D eigenvalue weighted by molar-refractivity contribution is 5.80. The molecule has 0 fully saturated rings. The number of hydrogen-bond donors (Lipinski definition) is 0. The van der Waals surface area contributed by atoms with E-state index >= 15 is 0 Å². The second kappa shape index (κ2) is 7.80. The Balaban J connectivity index is 1.84. The summed E-state index contributed by atoms with van der Waals surface area (Å²) in [5, 5.41) is 12.2. The third-order valence-electron chi connectivity index (χ3n) is 3.54. The SMILES string of the molecule is [O-]/[N+](=C\c1ccccc1C#Cc1ccccc1)Cc1ccccc1. The molecule has 2 heteroatoms. The largest absolute Gasteiger partial charge is 0.624 e. The Morgan fingerprint density at radius 3 is 2.12 bits per heavy atom. The first-order chi connectivity index (χ1) is 11.8. The average molecular weight is 311 g/mol. The lowest BCUT2D eigenvalue weighted by atomic mass is 10.1. The van der Waals surface area contributed by atoms with Gasteiger partial charge in [-0.05, 0) is 24.3 Å². The average Bonchev–Trinajstić information content (AvgIpc) is 2.63. The van der Waals surface area contributed by atoms with Crippen molar-refractivity contribution in [3.8, 4) is 11.8 Å². The van der Waals surface area contributed by atoms with E-state index in [4.69, 9.17) is 0 Å². The van der Waals surface area contributed by atoms with Gasteiger partial charge in [0.15, 0.2) is 12.8 Å². The Kier molecular flexibility index (Phi) is 5.07. The molecule has 0 unspecified atom stereocenters. The summed E-state index contributed by atoms with van der Waals surface area (Å²) in [4.78, 5) is 0.